The van der Waals surface area contributed by atoms with Gasteiger partial charge in [-0.2, -0.15) is 4.52 Å². The van der Waals surface area contributed by atoms with E-state index < -0.39 is 5.60 Å². The molecule has 0 N–H and O–H groups in total. The molecule has 9 nitrogen and oxygen atoms in total. The van der Waals surface area contributed by atoms with E-state index in [0.29, 0.717) is 6.54 Å². The summed E-state index contributed by atoms with van der Waals surface area (Å²) >= 11 is 1.52. The van der Waals surface area contributed by atoms with Crippen LogP contribution in [0.5, 0.6) is 0 Å². The fourth-order valence-corrected chi connectivity index (χ4v) is 6.24. The molecule has 2 atom stereocenters. The van der Waals surface area contributed by atoms with Crippen LogP contribution < -0.4 is 9.80 Å². The number of nitrogens with zero attached hydrogens (tertiary/aromatic N) is 7. The number of rotatable bonds is 5. The van der Waals surface area contributed by atoms with Gasteiger partial charge < -0.3 is 19.4 Å². The fraction of sp³-hybridized carbons (Fsp3) is 0.429. The summed E-state index contributed by atoms with van der Waals surface area (Å²) in [5, 5.41) is 7.81. The number of hydrogen-bond donors (Lipinski definition) is 0. The van der Waals surface area contributed by atoms with Crippen molar-refractivity contribution in [1.29, 1.82) is 0 Å². The number of carbonyl (C=O) groups is 1. The maximum absolute atomic E-state index is 13.4. The highest BCUT2D eigenvalue weighted by Gasteiger charge is 2.47. The van der Waals surface area contributed by atoms with E-state index in [2.05, 4.69) is 11.8 Å². The van der Waals surface area contributed by atoms with E-state index in [0.717, 1.165) is 58.8 Å². The second-order valence-corrected chi connectivity index (χ2v) is 11.9. The number of anilines is 3. The highest BCUT2D eigenvalue weighted by Crippen LogP contribution is 2.37. The quantitative estimate of drug-likeness (QED) is 0.324. The molecule has 2 fully saturated rings. The number of hydrogen-bond acceptors (Lipinski definition) is 8. The third-order valence-electron chi connectivity index (χ3n) is 7.24. The number of benzene rings is 1. The van der Waals surface area contributed by atoms with Crippen molar-refractivity contribution in [1.82, 2.24) is 24.5 Å². The Labute approximate surface area is 230 Å². The molecule has 1 amide bonds. The molecule has 6 rings (SSSR count). The molecule has 5 heterocycles. The van der Waals surface area contributed by atoms with Crippen molar-refractivity contribution in [2.75, 3.05) is 29.9 Å². The summed E-state index contributed by atoms with van der Waals surface area (Å²) in [6.07, 6.45) is 1.40. The average Bonchev–Trinajstić information content (AvgIpc) is 3.69. The van der Waals surface area contributed by atoms with E-state index in [4.69, 9.17) is 19.8 Å². The summed E-state index contributed by atoms with van der Waals surface area (Å²) in [5.74, 6) is 1.46. The first-order valence-corrected chi connectivity index (χ1v) is 14.1. The van der Waals surface area contributed by atoms with Crippen molar-refractivity contribution in [3.63, 3.8) is 0 Å². The van der Waals surface area contributed by atoms with Crippen LogP contribution in [0.1, 0.15) is 39.8 Å². The van der Waals surface area contributed by atoms with Gasteiger partial charge in [-0.05, 0) is 70.0 Å². The predicted molar refractivity (Wildman–Crippen MR) is 150 cm³/mol. The molecule has 0 radical (unpaired) electrons. The van der Waals surface area contributed by atoms with E-state index >= 15 is 0 Å². The highest BCUT2D eigenvalue weighted by atomic mass is 32.1. The Bertz CT molecular complexity index is 1530. The van der Waals surface area contributed by atoms with Crippen LogP contribution in [0.15, 0.2) is 41.8 Å². The zero-order valence-corrected chi connectivity index (χ0v) is 23.6. The predicted octanol–water partition coefficient (Wildman–Crippen LogP) is 5.52. The summed E-state index contributed by atoms with van der Waals surface area (Å²) in [4.78, 5) is 28.5. The number of thiazole rings is 1. The van der Waals surface area contributed by atoms with E-state index in [1.165, 1.54) is 23.5 Å². The van der Waals surface area contributed by atoms with Gasteiger partial charge in [0.2, 0.25) is 0 Å². The second-order valence-electron chi connectivity index (χ2n) is 11.1. The van der Waals surface area contributed by atoms with Crippen molar-refractivity contribution >= 4 is 39.8 Å². The van der Waals surface area contributed by atoms with Crippen molar-refractivity contribution in [3.8, 4) is 11.3 Å². The normalized spacial score (nSPS) is 18.8. The molecule has 2 bridgehead atoms. The minimum atomic E-state index is -0.511. The monoisotopic (exact) mass is 549 g/mol. The molecule has 204 valence electrons. The molecule has 0 spiro atoms. The van der Waals surface area contributed by atoms with Crippen LogP contribution in [0.2, 0.25) is 0 Å². The average molecular weight is 550 g/mol. The lowest BCUT2D eigenvalue weighted by atomic mass is 10.2. The van der Waals surface area contributed by atoms with Crippen LogP contribution in [0.4, 0.5) is 26.0 Å². The largest absolute Gasteiger partial charge is 0.444 e. The number of amides is 1. The minimum absolute atomic E-state index is 0.110. The van der Waals surface area contributed by atoms with Gasteiger partial charge in [-0.15, -0.1) is 16.4 Å². The van der Waals surface area contributed by atoms with E-state index in [1.54, 1.807) is 12.1 Å². The Morgan fingerprint density at radius 3 is 2.56 bits per heavy atom. The lowest BCUT2D eigenvalue weighted by Gasteiger charge is -2.35. The lowest BCUT2D eigenvalue weighted by Crippen LogP contribution is -2.50. The number of ether oxygens (including phenoxy) is 1. The smallest absolute Gasteiger partial charge is 0.410 e. The zero-order valence-electron chi connectivity index (χ0n) is 22.8. The molecule has 11 heteroatoms. The number of carbonyl (C=O) groups excluding carboxylic acids is 1. The van der Waals surface area contributed by atoms with E-state index in [-0.39, 0.29) is 24.0 Å². The van der Waals surface area contributed by atoms with Crippen molar-refractivity contribution in [2.45, 2.75) is 58.2 Å². The molecule has 0 saturated carbocycles. The second kappa shape index (κ2) is 9.48. The highest BCUT2D eigenvalue weighted by molar-refractivity contribution is 7.14. The molecule has 4 aromatic rings. The molecule has 0 aliphatic carbocycles. The molecule has 2 aliphatic heterocycles. The maximum atomic E-state index is 13.4. The standard InChI is InChI=1S/C28H32FN7O2S/c1-6-21-25(33(5)26-31-22(16-39-26)17-7-9-18(29)10-8-17)36-23(30-21)11-12-24(32-36)34-14-20-13-19(34)15-35(20)27(37)38-28(2,3)4/h7-12,16,19-20H,6,13-15H2,1-5H3/t19-,20+/m0/s1. The summed E-state index contributed by atoms with van der Waals surface area (Å²) < 4.78 is 20.9. The topological polar surface area (TPSA) is 79.1 Å². The number of halogens is 1. The van der Waals surface area contributed by atoms with Crippen LogP contribution in [0.25, 0.3) is 16.9 Å². The summed E-state index contributed by atoms with van der Waals surface area (Å²) in [6.45, 7) is 9.10. The first-order valence-electron chi connectivity index (χ1n) is 13.2. The van der Waals surface area contributed by atoms with Gasteiger partial charge in [-0.1, -0.05) is 6.92 Å². The van der Waals surface area contributed by atoms with Crippen LogP contribution in [0.3, 0.4) is 0 Å². The SMILES string of the molecule is CCc1nc2ccc(N3C[C@H]4C[C@H]3CN4C(=O)OC(C)(C)C)nn2c1N(C)c1nc(-c2ccc(F)cc2)cs1. The van der Waals surface area contributed by atoms with Crippen LogP contribution in [-0.4, -0.2) is 68.4 Å². The minimum Gasteiger partial charge on any atom is -0.444 e. The summed E-state index contributed by atoms with van der Waals surface area (Å²) in [5.41, 5.74) is 2.85. The van der Waals surface area contributed by atoms with E-state index in [1.807, 2.05) is 59.6 Å². The van der Waals surface area contributed by atoms with Gasteiger partial charge >= 0.3 is 6.09 Å². The first-order chi connectivity index (χ1) is 18.6. The Balaban J connectivity index is 1.27. The molecule has 39 heavy (non-hydrogen) atoms. The Morgan fingerprint density at radius 2 is 1.90 bits per heavy atom. The van der Waals surface area contributed by atoms with Crippen LogP contribution in [-0.2, 0) is 11.2 Å². The number of aryl methyl sites for hydroxylation is 1. The van der Waals surface area contributed by atoms with Gasteiger partial charge in [-0.3, -0.25) is 0 Å². The summed E-state index contributed by atoms with van der Waals surface area (Å²) in [7, 11) is 1.97. The van der Waals surface area contributed by atoms with Crippen molar-refractivity contribution in [3.05, 3.63) is 53.3 Å². The third-order valence-corrected chi connectivity index (χ3v) is 8.16. The molecule has 1 aromatic carbocycles. The van der Waals surface area contributed by atoms with Crippen LogP contribution in [0, 0.1) is 5.82 Å². The van der Waals surface area contributed by atoms with Gasteiger partial charge in [-0.25, -0.2) is 19.2 Å². The summed E-state index contributed by atoms with van der Waals surface area (Å²) in [6, 6.07) is 10.7. The molecular weight excluding hydrogens is 517 g/mol. The van der Waals surface area contributed by atoms with Gasteiger partial charge in [0.05, 0.1) is 23.5 Å². The number of fused-ring (bicyclic) bond motifs is 3. The Hall–Kier alpha value is -3.73. The zero-order chi connectivity index (χ0) is 27.5. The van der Waals surface area contributed by atoms with Gasteiger partial charge in [0.1, 0.15) is 17.2 Å². The number of piperazine rings is 1. The molecular formula is C28H32FN7O2S. The van der Waals surface area contributed by atoms with Crippen molar-refractivity contribution < 1.29 is 13.9 Å². The molecule has 2 saturated heterocycles. The van der Waals surface area contributed by atoms with E-state index in [9.17, 15) is 9.18 Å². The van der Waals surface area contributed by atoms with Gasteiger partial charge in [0, 0.05) is 31.1 Å². The Morgan fingerprint density at radius 1 is 1.13 bits per heavy atom. The molecule has 3 aromatic heterocycles. The fourth-order valence-electron chi connectivity index (χ4n) is 5.44. The molecule has 2 aliphatic rings. The number of likely N-dealkylation sites (tertiary alicyclic amines) is 1. The van der Waals surface area contributed by atoms with Crippen molar-refractivity contribution in [2.24, 2.45) is 0 Å². The maximum Gasteiger partial charge on any atom is 0.410 e. The Kier molecular flexibility index (Phi) is 6.21. The number of imidazole rings is 1. The number of aromatic nitrogens is 4. The van der Waals surface area contributed by atoms with Gasteiger partial charge in [0.15, 0.2) is 16.6 Å². The van der Waals surface area contributed by atoms with Gasteiger partial charge in [0.25, 0.3) is 0 Å². The third kappa shape index (κ3) is 4.69. The molecule has 0 unspecified atom stereocenters. The lowest BCUT2D eigenvalue weighted by molar-refractivity contribution is 0.0214. The van der Waals surface area contributed by atoms with Crippen LogP contribution >= 0.6 is 11.3 Å². The first kappa shape index (κ1) is 25.5.